The van der Waals surface area contributed by atoms with E-state index >= 15 is 0 Å². The van der Waals surface area contributed by atoms with Gasteiger partial charge in [0.25, 0.3) is 0 Å². The number of aliphatic imine (C=N–C) groups is 1. The molecule has 0 aromatic heterocycles. The normalized spacial score (nSPS) is 11.1. The zero-order valence-electron chi connectivity index (χ0n) is 17.4. The van der Waals surface area contributed by atoms with Gasteiger partial charge in [0.2, 0.25) is 0 Å². The molecule has 0 bridgehead atoms. The number of hydrogen-bond acceptors (Lipinski definition) is 3. The molecule has 2 N–H and O–H groups in total. The molecule has 5 nitrogen and oxygen atoms in total. The Labute approximate surface area is 186 Å². The highest BCUT2D eigenvalue weighted by atomic mass is 127. The number of para-hydroxylation sites is 1. The van der Waals surface area contributed by atoms with Gasteiger partial charge >= 0.3 is 0 Å². The number of halogens is 1. The number of ether oxygens (including phenoxy) is 1. The minimum Gasteiger partial charge on any atom is -0.496 e. The summed E-state index contributed by atoms with van der Waals surface area (Å²) in [7, 11) is 3.48. The number of nitrogens with one attached hydrogen (secondary N) is 2. The van der Waals surface area contributed by atoms with Crippen LogP contribution in [0.25, 0.3) is 0 Å². The Morgan fingerprint density at radius 3 is 2.00 bits per heavy atom. The number of benzene rings is 2. The van der Waals surface area contributed by atoms with Crippen LogP contribution in [0.4, 0.5) is 0 Å². The van der Waals surface area contributed by atoms with Crippen molar-refractivity contribution >= 4 is 29.9 Å². The average Bonchev–Trinajstić information content (AvgIpc) is 2.73. The van der Waals surface area contributed by atoms with Gasteiger partial charge in [0.15, 0.2) is 5.96 Å². The van der Waals surface area contributed by atoms with Gasteiger partial charge in [-0.3, -0.25) is 9.89 Å². The molecule has 2 aromatic carbocycles. The van der Waals surface area contributed by atoms with Gasteiger partial charge in [-0.15, -0.1) is 24.0 Å². The SMILES string of the molecule is CCN(CC)Cc1ccccc1CNC(=NC)NCc1ccccc1OC.I. The van der Waals surface area contributed by atoms with Crippen molar-refractivity contribution in [1.29, 1.82) is 0 Å². The van der Waals surface area contributed by atoms with E-state index in [9.17, 15) is 0 Å². The fourth-order valence-electron chi connectivity index (χ4n) is 3.00. The van der Waals surface area contributed by atoms with Crippen molar-refractivity contribution in [3.63, 3.8) is 0 Å². The number of nitrogens with zero attached hydrogens (tertiary/aromatic N) is 2. The number of hydrogen-bond donors (Lipinski definition) is 2. The first kappa shape index (κ1) is 24.2. The molecule has 0 spiro atoms. The first-order valence-electron chi connectivity index (χ1n) is 9.57. The topological polar surface area (TPSA) is 48.9 Å². The third-order valence-electron chi connectivity index (χ3n) is 4.72. The van der Waals surface area contributed by atoms with E-state index in [1.54, 1.807) is 14.2 Å². The summed E-state index contributed by atoms with van der Waals surface area (Å²) in [4.78, 5) is 6.76. The van der Waals surface area contributed by atoms with E-state index < -0.39 is 0 Å². The summed E-state index contributed by atoms with van der Waals surface area (Å²) in [5, 5.41) is 6.78. The number of guanidine groups is 1. The van der Waals surface area contributed by atoms with Crippen molar-refractivity contribution in [3.05, 3.63) is 65.2 Å². The molecule has 0 unspecified atom stereocenters. The van der Waals surface area contributed by atoms with Crippen molar-refractivity contribution in [1.82, 2.24) is 15.5 Å². The van der Waals surface area contributed by atoms with Crippen LogP contribution in [0, 0.1) is 0 Å². The molecule has 0 amide bonds. The monoisotopic (exact) mass is 496 g/mol. The van der Waals surface area contributed by atoms with Crippen molar-refractivity contribution in [2.24, 2.45) is 4.99 Å². The standard InChI is InChI=1S/C22H32N4O.HI/c1-5-26(6-2)17-20-13-8-7-11-18(20)15-24-22(23-3)25-16-19-12-9-10-14-21(19)27-4;/h7-14H,5-6,15-17H2,1-4H3,(H2,23,24,25);1H. The largest absolute Gasteiger partial charge is 0.496 e. The first-order valence-corrected chi connectivity index (χ1v) is 9.57. The zero-order chi connectivity index (χ0) is 19.5. The highest BCUT2D eigenvalue weighted by molar-refractivity contribution is 14.0. The van der Waals surface area contributed by atoms with E-state index in [1.165, 1.54) is 11.1 Å². The Bertz CT molecular complexity index is 732. The maximum absolute atomic E-state index is 5.41. The molecule has 2 aromatic rings. The third-order valence-corrected chi connectivity index (χ3v) is 4.72. The maximum Gasteiger partial charge on any atom is 0.191 e. The van der Waals surface area contributed by atoms with E-state index in [2.05, 4.69) is 64.7 Å². The number of methoxy groups -OCH3 is 1. The predicted octanol–water partition coefficient (Wildman–Crippen LogP) is 4.02. The molecule has 0 atom stereocenters. The van der Waals surface area contributed by atoms with Gasteiger partial charge in [-0.05, 0) is 30.3 Å². The fraction of sp³-hybridized carbons (Fsp3) is 0.409. The van der Waals surface area contributed by atoms with Gasteiger partial charge < -0.3 is 15.4 Å². The van der Waals surface area contributed by atoms with E-state index in [0.29, 0.717) is 6.54 Å². The Morgan fingerprint density at radius 2 is 1.43 bits per heavy atom. The van der Waals surface area contributed by atoms with Crippen molar-refractivity contribution in [2.75, 3.05) is 27.2 Å². The zero-order valence-corrected chi connectivity index (χ0v) is 19.7. The lowest BCUT2D eigenvalue weighted by Crippen LogP contribution is -2.36. The molecule has 28 heavy (non-hydrogen) atoms. The minimum absolute atomic E-state index is 0. The second-order valence-electron chi connectivity index (χ2n) is 6.32. The summed E-state index contributed by atoms with van der Waals surface area (Å²) in [6, 6.07) is 16.6. The molecule has 0 aliphatic heterocycles. The molecule has 0 aliphatic rings. The summed E-state index contributed by atoms with van der Waals surface area (Å²) in [5.41, 5.74) is 3.75. The summed E-state index contributed by atoms with van der Waals surface area (Å²) >= 11 is 0. The Kier molecular flexibility index (Phi) is 11.6. The molecule has 0 aliphatic carbocycles. The molecular weight excluding hydrogens is 463 g/mol. The van der Waals surface area contributed by atoms with Crippen LogP contribution in [-0.2, 0) is 19.6 Å². The highest BCUT2D eigenvalue weighted by Gasteiger charge is 2.08. The van der Waals surface area contributed by atoms with Gasteiger partial charge in [0.05, 0.1) is 7.11 Å². The minimum atomic E-state index is 0. The van der Waals surface area contributed by atoms with Crippen LogP contribution in [0.15, 0.2) is 53.5 Å². The van der Waals surface area contributed by atoms with E-state index in [-0.39, 0.29) is 24.0 Å². The van der Waals surface area contributed by atoms with E-state index in [4.69, 9.17) is 4.74 Å². The Balaban J connectivity index is 0.00000392. The van der Waals surface area contributed by atoms with Crippen LogP contribution < -0.4 is 15.4 Å². The molecule has 0 fully saturated rings. The van der Waals surface area contributed by atoms with E-state index in [1.807, 2.05) is 18.2 Å². The lowest BCUT2D eigenvalue weighted by atomic mass is 10.1. The number of rotatable bonds is 9. The van der Waals surface area contributed by atoms with Crippen LogP contribution in [-0.4, -0.2) is 38.1 Å². The molecule has 0 saturated carbocycles. The maximum atomic E-state index is 5.41. The third kappa shape index (κ3) is 7.31. The Hall–Kier alpha value is -1.80. The lowest BCUT2D eigenvalue weighted by Gasteiger charge is -2.21. The lowest BCUT2D eigenvalue weighted by molar-refractivity contribution is 0.295. The Morgan fingerprint density at radius 1 is 0.893 bits per heavy atom. The highest BCUT2D eigenvalue weighted by Crippen LogP contribution is 2.16. The molecule has 6 heteroatoms. The second kappa shape index (κ2) is 13.4. The summed E-state index contributed by atoms with van der Waals surface area (Å²) in [5.74, 6) is 1.66. The molecule has 2 rings (SSSR count). The van der Waals surface area contributed by atoms with Crippen LogP contribution in [0.1, 0.15) is 30.5 Å². The van der Waals surface area contributed by atoms with E-state index in [0.717, 1.165) is 43.5 Å². The average molecular weight is 496 g/mol. The van der Waals surface area contributed by atoms with Gasteiger partial charge in [-0.1, -0.05) is 56.3 Å². The van der Waals surface area contributed by atoms with Crippen molar-refractivity contribution < 1.29 is 4.74 Å². The predicted molar refractivity (Wildman–Crippen MR) is 129 cm³/mol. The molecule has 0 heterocycles. The van der Waals surface area contributed by atoms with Gasteiger partial charge in [-0.2, -0.15) is 0 Å². The summed E-state index contributed by atoms with van der Waals surface area (Å²) in [6.45, 7) is 8.88. The van der Waals surface area contributed by atoms with Gasteiger partial charge in [-0.25, -0.2) is 0 Å². The smallest absolute Gasteiger partial charge is 0.191 e. The van der Waals surface area contributed by atoms with Crippen LogP contribution in [0.2, 0.25) is 0 Å². The van der Waals surface area contributed by atoms with Crippen molar-refractivity contribution in [2.45, 2.75) is 33.5 Å². The van der Waals surface area contributed by atoms with Crippen molar-refractivity contribution in [3.8, 4) is 5.75 Å². The molecule has 154 valence electrons. The quantitative estimate of drug-likeness (QED) is 0.313. The van der Waals surface area contributed by atoms with Crippen LogP contribution in [0.3, 0.4) is 0 Å². The molecule has 0 radical (unpaired) electrons. The summed E-state index contributed by atoms with van der Waals surface area (Å²) < 4.78 is 5.41. The second-order valence-corrected chi connectivity index (χ2v) is 6.32. The van der Waals surface area contributed by atoms with Gasteiger partial charge in [0, 0.05) is 32.2 Å². The fourth-order valence-corrected chi connectivity index (χ4v) is 3.00. The van der Waals surface area contributed by atoms with Crippen LogP contribution in [0.5, 0.6) is 5.75 Å². The first-order chi connectivity index (χ1) is 13.2. The summed E-state index contributed by atoms with van der Waals surface area (Å²) in [6.07, 6.45) is 0. The van der Waals surface area contributed by atoms with Crippen LogP contribution >= 0.6 is 24.0 Å². The van der Waals surface area contributed by atoms with Gasteiger partial charge in [0.1, 0.15) is 5.75 Å². The molecular formula is C22H33IN4O. The molecule has 0 saturated heterocycles.